The molecule has 2 rings (SSSR count). The lowest BCUT2D eigenvalue weighted by atomic mass is 10.2. The molecule has 1 fully saturated rings. The summed E-state index contributed by atoms with van der Waals surface area (Å²) in [4.78, 5) is 13.7. The molecular weight excluding hydrogens is 255 g/mol. The lowest BCUT2D eigenvalue weighted by Crippen LogP contribution is -2.42. The highest BCUT2D eigenvalue weighted by Gasteiger charge is 2.33. The highest BCUT2D eigenvalue weighted by atomic mass is 35.5. The van der Waals surface area contributed by atoms with E-state index in [1.165, 1.54) is 12.1 Å². The third kappa shape index (κ3) is 3.68. The van der Waals surface area contributed by atoms with Crippen molar-refractivity contribution in [2.45, 2.75) is 38.4 Å². The van der Waals surface area contributed by atoms with Gasteiger partial charge in [-0.05, 0) is 37.5 Å². The Morgan fingerprint density at radius 1 is 1.56 bits per heavy atom. The summed E-state index contributed by atoms with van der Waals surface area (Å²) in [6.07, 6.45) is 2.04. The van der Waals surface area contributed by atoms with Gasteiger partial charge in [0, 0.05) is 12.6 Å². The molecule has 0 aliphatic heterocycles. The lowest BCUT2D eigenvalue weighted by molar-refractivity contribution is -0.133. The van der Waals surface area contributed by atoms with Gasteiger partial charge < -0.3 is 10.6 Å². The molecule has 0 heterocycles. The summed E-state index contributed by atoms with van der Waals surface area (Å²) in [6, 6.07) is 6.14. The summed E-state index contributed by atoms with van der Waals surface area (Å²) >= 11 is 0. The van der Waals surface area contributed by atoms with Gasteiger partial charge in [0.1, 0.15) is 5.82 Å². The molecule has 1 aromatic rings. The molecule has 0 saturated heterocycles. The van der Waals surface area contributed by atoms with Crippen LogP contribution in [0.4, 0.5) is 4.39 Å². The van der Waals surface area contributed by atoms with E-state index in [0.29, 0.717) is 6.54 Å². The Bertz CT molecular complexity index is 421. The first-order chi connectivity index (χ1) is 8.08. The zero-order valence-corrected chi connectivity index (χ0v) is 11.1. The standard InChI is InChI=1S/C13H17FN2O.ClH/c1-9(15)13(17)16(12-5-6-12)8-10-3-2-4-11(14)7-10;/h2-4,7,9,12H,5-6,8,15H2,1H3;1H. The van der Waals surface area contributed by atoms with Crippen molar-refractivity contribution in [1.82, 2.24) is 4.90 Å². The van der Waals surface area contributed by atoms with Crippen LogP contribution in [0, 0.1) is 5.82 Å². The minimum atomic E-state index is -0.496. The van der Waals surface area contributed by atoms with Crippen LogP contribution in [-0.4, -0.2) is 22.9 Å². The smallest absolute Gasteiger partial charge is 0.239 e. The zero-order valence-electron chi connectivity index (χ0n) is 10.3. The SMILES string of the molecule is CC(N)C(=O)N(Cc1cccc(F)c1)C1CC1.Cl. The molecule has 1 amide bonds. The molecule has 0 aromatic heterocycles. The second kappa shape index (κ2) is 6.16. The third-order valence-corrected chi connectivity index (χ3v) is 2.90. The number of benzene rings is 1. The van der Waals surface area contributed by atoms with Gasteiger partial charge in [0.25, 0.3) is 0 Å². The van der Waals surface area contributed by atoms with E-state index in [0.717, 1.165) is 18.4 Å². The zero-order chi connectivity index (χ0) is 12.4. The normalized spacial score (nSPS) is 15.7. The van der Waals surface area contributed by atoms with Gasteiger partial charge in [-0.1, -0.05) is 12.1 Å². The van der Waals surface area contributed by atoms with E-state index in [1.807, 2.05) is 6.07 Å². The molecule has 1 atom stereocenters. The largest absolute Gasteiger partial charge is 0.334 e. The molecule has 0 bridgehead atoms. The molecule has 100 valence electrons. The molecule has 1 aromatic carbocycles. The average Bonchev–Trinajstić information content (AvgIpc) is 3.09. The number of nitrogens with two attached hydrogens (primary N) is 1. The fraction of sp³-hybridized carbons (Fsp3) is 0.462. The number of hydrogen-bond acceptors (Lipinski definition) is 2. The van der Waals surface area contributed by atoms with Crippen LogP contribution in [0.1, 0.15) is 25.3 Å². The summed E-state index contributed by atoms with van der Waals surface area (Å²) in [5, 5.41) is 0. The molecule has 0 radical (unpaired) electrons. The fourth-order valence-electron chi connectivity index (χ4n) is 1.87. The van der Waals surface area contributed by atoms with E-state index in [-0.39, 0.29) is 30.2 Å². The molecule has 18 heavy (non-hydrogen) atoms. The van der Waals surface area contributed by atoms with Crippen LogP contribution in [0.15, 0.2) is 24.3 Å². The molecular formula is C13H18ClFN2O. The van der Waals surface area contributed by atoms with Crippen LogP contribution in [0.25, 0.3) is 0 Å². The molecule has 5 heteroatoms. The van der Waals surface area contributed by atoms with E-state index in [4.69, 9.17) is 5.73 Å². The Kier molecular flexibility index (Phi) is 5.11. The fourth-order valence-corrected chi connectivity index (χ4v) is 1.87. The molecule has 0 spiro atoms. The Morgan fingerprint density at radius 3 is 2.72 bits per heavy atom. The first-order valence-corrected chi connectivity index (χ1v) is 5.88. The molecule has 1 aliphatic carbocycles. The van der Waals surface area contributed by atoms with Gasteiger partial charge >= 0.3 is 0 Å². The highest BCUT2D eigenvalue weighted by molar-refractivity contribution is 5.85. The monoisotopic (exact) mass is 272 g/mol. The van der Waals surface area contributed by atoms with Gasteiger partial charge in [-0.25, -0.2) is 4.39 Å². The predicted molar refractivity (Wildman–Crippen MR) is 70.9 cm³/mol. The van der Waals surface area contributed by atoms with Crippen LogP contribution < -0.4 is 5.73 Å². The van der Waals surface area contributed by atoms with E-state index in [2.05, 4.69) is 0 Å². The van der Waals surface area contributed by atoms with Crippen molar-refractivity contribution in [3.63, 3.8) is 0 Å². The van der Waals surface area contributed by atoms with Gasteiger partial charge in [-0.2, -0.15) is 0 Å². The summed E-state index contributed by atoms with van der Waals surface area (Å²) in [7, 11) is 0. The number of carbonyl (C=O) groups is 1. The maximum absolute atomic E-state index is 13.1. The van der Waals surface area contributed by atoms with E-state index in [9.17, 15) is 9.18 Å². The van der Waals surface area contributed by atoms with Crippen LogP contribution in [0.3, 0.4) is 0 Å². The molecule has 1 aliphatic rings. The first-order valence-electron chi connectivity index (χ1n) is 5.88. The van der Waals surface area contributed by atoms with Crippen molar-refractivity contribution < 1.29 is 9.18 Å². The van der Waals surface area contributed by atoms with Crippen LogP contribution in [0.2, 0.25) is 0 Å². The predicted octanol–water partition coefficient (Wildman–Crippen LogP) is 2.09. The minimum Gasteiger partial charge on any atom is -0.334 e. The van der Waals surface area contributed by atoms with Crippen molar-refractivity contribution in [3.05, 3.63) is 35.6 Å². The Hall–Kier alpha value is -1.13. The maximum Gasteiger partial charge on any atom is 0.239 e. The van der Waals surface area contributed by atoms with E-state index < -0.39 is 6.04 Å². The van der Waals surface area contributed by atoms with Crippen molar-refractivity contribution >= 4 is 18.3 Å². The number of nitrogens with zero attached hydrogens (tertiary/aromatic N) is 1. The Balaban J connectivity index is 0.00000162. The number of amides is 1. The second-order valence-corrected chi connectivity index (χ2v) is 4.62. The summed E-state index contributed by atoms with van der Waals surface area (Å²) in [5.41, 5.74) is 6.43. The van der Waals surface area contributed by atoms with Gasteiger partial charge in [-0.15, -0.1) is 12.4 Å². The molecule has 3 nitrogen and oxygen atoms in total. The van der Waals surface area contributed by atoms with Crippen LogP contribution in [-0.2, 0) is 11.3 Å². The maximum atomic E-state index is 13.1. The minimum absolute atomic E-state index is 0. The Morgan fingerprint density at radius 2 is 2.22 bits per heavy atom. The quantitative estimate of drug-likeness (QED) is 0.912. The molecule has 2 N–H and O–H groups in total. The van der Waals surface area contributed by atoms with E-state index in [1.54, 1.807) is 17.9 Å². The average molecular weight is 273 g/mol. The number of carbonyl (C=O) groups excluding carboxylic acids is 1. The summed E-state index contributed by atoms with van der Waals surface area (Å²) in [6.45, 7) is 2.13. The summed E-state index contributed by atoms with van der Waals surface area (Å²) in [5.74, 6) is -0.330. The van der Waals surface area contributed by atoms with E-state index >= 15 is 0 Å². The molecule has 1 saturated carbocycles. The summed E-state index contributed by atoms with van der Waals surface area (Å²) < 4.78 is 13.1. The Labute approximate surface area is 113 Å². The first kappa shape index (κ1) is 14.9. The number of hydrogen-bond donors (Lipinski definition) is 1. The van der Waals surface area contributed by atoms with Gasteiger partial charge in [-0.3, -0.25) is 4.79 Å². The van der Waals surface area contributed by atoms with Crippen molar-refractivity contribution in [2.24, 2.45) is 5.73 Å². The lowest BCUT2D eigenvalue weighted by Gasteiger charge is -2.24. The number of rotatable bonds is 4. The van der Waals surface area contributed by atoms with Gasteiger partial charge in [0.15, 0.2) is 0 Å². The van der Waals surface area contributed by atoms with Gasteiger partial charge in [0.05, 0.1) is 6.04 Å². The number of halogens is 2. The van der Waals surface area contributed by atoms with Crippen molar-refractivity contribution in [3.8, 4) is 0 Å². The molecule has 1 unspecified atom stereocenters. The van der Waals surface area contributed by atoms with Crippen LogP contribution in [0.5, 0.6) is 0 Å². The highest BCUT2D eigenvalue weighted by Crippen LogP contribution is 2.28. The van der Waals surface area contributed by atoms with Crippen molar-refractivity contribution in [2.75, 3.05) is 0 Å². The third-order valence-electron chi connectivity index (χ3n) is 2.90. The van der Waals surface area contributed by atoms with Crippen LogP contribution >= 0.6 is 12.4 Å². The topological polar surface area (TPSA) is 46.3 Å². The van der Waals surface area contributed by atoms with Crippen molar-refractivity contribution in [1.29, 1.82) is 0 Å². The van der Waals surface area contributed by atoms with Gasteiger partial charge in [0.2, 0.25) is 5.91 Å². The second-order valence-electron chi connectivity index (χ2n) is 4.62.